The fourth-order valence-electron chi connectivity index (χ4n) is 2.18. The fourth-order valence-corrected chi connectivity index (χ4v) is 2.18. The molecule has 0 fully saturated rings. The second-order valence-electron chi connectivity index (χ2n) is 5.89. The van der Waals surface area contributed by atoms with Crippen molar-refractivity contribution in [3.05, 3.63) is 53.7 Å². The first kappa shape index (κ1) is 15.7. The summed E-state index contributed by atoms with van der Waals surface area (Å²) in [6.45, 7) is 7.82. The second-order valence-corrected chi connectivity index (χ2v) is 5.89. The number of rotatable bonds is 8. The van der Waals surface area contributed by atoms with Crippen molar-refractivity contribution in [2.75, 3.05) is 13.6 Å². The van der Waals surface area contributed by atoms with Gasteiger partial charge in [-0.05, 0) is 43.8 Å². The molecule has 0 saturated carbocycles. The zero-order valence-corrected chi connectivity index (χ0v) is 13.2. The Labute approximate surface area is 127 Å². The van der Waals surface area contributed by atoms with Crippen LogP contribution in [-0.2, 0) is 19.6 Å². The third kappa shape index (κ3) is 5.69. The molecule has 0 aliphatic rings. The van der Waals surface area contributed by atoms with Crippen molar-refractivity contribution in [3.63, 3.8) is 0 Å². The lowest BCUT2D eigenvalue weighted by Gasteiger charge is -2.14. The van der Waals surface area contributed by atoms with Crippen LogP contribution in [0.1, 0.15) is 31.1 Å². The molecule has 0 aliphatic heterocycles. The molecule has 2 aromatic heterocycles. The van der Waals surface area contributed by atoms with Gasteiger partial charge >= 0.3 is 0 Å². The zero-order chi connectivity index (χ0) is 15.1. The molecule has 0 saturated heterocycles. The average molecular weight is 287 g/mol. The summed E-state index contributed by atoms with van der Waals surface area (Å²) < 4.78 is 5.85. The summed E-state index contributed by atoms with van der Waals surface area (Å²) in [5, 5.41) is 3.39. The van der Waals surface area contributed by atoms with E-state index in [0.717, 1.165) is 43.4 Å². The van der Waals surface area contributed by atoms with Crippen LogP contribution in [0.25, 0.3) is 0 Å². The monoisotopic (exact) mass is 287 g/mol. The van der Waals surface area contributed by atoms with Crippen LogP contribution in [0, 0.1) is 5.92 Å². The smallest absolute Gasteiger partial charge is 0.118 e. The molecule has 0 radical (unpaired) electrons. The Morgan fingerprint density at radius 3 is 2.67 bits per heavy atom. The van der Waals surface area contributed by atoms with Crippen molar-refractivity contribution in [2.45, 2.75) is 33.5 Å². The molecule has 0 bridgehead atoms. The Morgan fingerprint density at radius 1 is 1.14 bits per heavy atom. The third-order valence-corrected chi connectivity index (χ3v) is 3.15. The van der Waals surface area contributed by atoms with Crippen LogP contribution in [-0.4, -0.2) is 23.5 Å². The highest BCUT2D eigenvalue weighted by Crippen LogP contribution is 2.11. The van der Waals surface area contributed by atoms with E-state index in [-0.39, 0.29) is 0 Å². The SMILES string of the molecule is CC(C)CNCc1ccc(CN(C)Cc2ccccn2)o1. The van der Waals surface area contributed by atoms with E-state index in [2.05, 4.69) is 48.2 Å². The second kappa shape index (κ2) is 7.96. The molecule has 4 heteroatoms. The molecule has 1 N–H and O–H groups in total. The minimum absolute atomic E-state index is 0.656. The highest BCUT2D eigenvalue weighted by atomic mass is 16.3. The maximum atomic E-state index is 5.85. The molecule has 0 atom stereocenters. The first-order chi connectivity index (χ1) is 10.1. The lowest BCUT2D eigenvalue weighted by molar-refractivity contribution is 0.279. The van der Waals surface area contributed by atoms with Crippen LogP contribution in [0.15, 0.2) is 40.9 Å². The molecular weight excluding hydrogens is 262 g/mol. The van der Waals surface area contributed by atoms with Crippen LogP contribution in [0.5, 0.6) is 0 Å². The largest absolute Gasteiger partial charge is 0.463 e. The molecule has 0 aromatic carbocycles. The van der Waals surface area contributed by atoms with Crippen molar-refractivity contribution in [3.8, 4) is 0 Å². The van der Waals surface area contributed by atoms with Crippen LogP contribution in [0.3, 0.4) is 0 Å². The molecule has 4 nitrogen and oxygen atoms in total. The van der Waals surface area contributed by atoms with E-state index < -0.39 is 0 Å². The van der Waals surface area contributed by atoms with E-state index >= 15 is 0 Å². The van der Waals surface area contributed by atoms with Gasteiger partial charge in [-0.25, -0.2) is 0 Å². The predicted molar refractivity (Wildman–Crippen MR) is 84.7 cm³/mol. The number of pyridine rings is 1. The van der Waals surface area contributed by atoms with Gasteiger partial charge in [0.25, 0.3) is 0 Å². The molecular formula is C17H25N3O. The van der Waals surface area contributed by atoms with Gasteiger partial charge in [-0.3, -0.25) is 9.88 Å². The molecule has 0 amide bonds. The number of nitrogens with one attached hydrogen (secondary N) is 1. The van der Waals surface area contributed by atoms with E-state index in [1.54, 1.807) is 0 Å². The van der Waals surface area contributed by atoms with Crippen LogP contribution >= 0.6 is 0 Å². The van der Waals surface area contributed by atoms with E-state index in [9.17, 15) is 0 Å². The van der Waals surface area contributed by atoms with Crippen molar-refractivity contribution >= 4 is 0 Å². The number of hydrogen-bond donors (Lipinski definition) is 1. The van der Waals surface area contributed by atoms with E-state index in [4.69, 9.17) is 4.42 Å². The van der Waals surface area contributed by atoms with Gasteiger partial charge in [-0.2, -0.15) is 0 Å². The van der Waals surface area contributed by atoms with Gasteiger partial charge in [0.1, 0.15) is 11.5 Å². The molecule has 0 unspecified atom stereocenters. The molecule has 21 heavy (non-hydrogen) atoms. The van der Waals surface area contributed by atoms with E-state index in [1.165, 1.54) is 0 Å². The average Bonchev–Trinajstić information content (AvgIpc) is 2.86. The van der Waals surface area contributed by atoms with Gasteiger partial charge in [-0.1, -0.05) is 19.9 Å². The number of nitrogens with zero attached hydrogens (tertiary/aromatic N) is 2. The lowest BCUT2D eigenvalue weighted by atomic mass is 10.2. The van der Waals surface area contributed by atoms with Crippen molar-refractivity contribution in [1.82, 2.24) is 15.2 Å². The lowest BCUT2D eigenvalue weighted by Crippen LogP contribution is -2.19. The minimum atomic E-state index is 0.656. The summed E-state index contributed by atoms with van der Waals surface area (Å²) >= 11 is 0. The molecule has 114 valence electrons. The summed E-state index contributed by atoms with van der Waals surface area (Å²) in [4.78, 5) is 6.54. The highest BCUT2D eigenvalue weighted by Gasteiger charge is 2.07. The number of aromatic nitrogens is 1. The Morgan fingerprint density at radius 2 is 1.95 bits per heavy atom. The van der Waals surface area contributed by atoms with Crippen LogP contribution in [0.4, 0.5) is 0 Å². The van der Waals surface area contributed by atoms with Crippen molar-refractivity contribution < 1.29 is 4.42 Å². The van der Waals surface area contributed by atoms with Crippen LogP contribution < -0.4 is 5.32 Å². The maximum Gasteiger partial charge on any atom is 0.118 e. The molecule has 0 aliphatic carbocycles. The van der Waals surface area contributed by atoms with Crippen LogP contribution in [0.2, 0.25) is 0 Å². The van der Waals surface area contributed by atoms with Gasteiger partial charge in [-0.15, -0.1) is 0 Å². The highest BCUT2D eigenvalue weighted by molar-refractivity contribution is 5.08. The zero-order valence-electron chi connectivity index (χ0n) is 13.2. The summed E-state index contributed by atoms with van der Waals surface area (Å²) in [6, 6.07) is 10.1. The Balaban J connectivity index is 1.79. The first-order valence-electron chi connectivity index (χ1n) is 7.50. The summed E-state index contributed by atoms with van der Waals surface area (Å²) in [5.74, 6) is 2.65. The summed E-state index contributed by atoms with van der Waals surface area (Å²) in [7, 11) is 2.08. The van der Waals surface area contributed by atoms with E-state index in [0.29, 0.717) is 5.92 Å². The standard InChI is InChI=1S/C17H25N3O/c1-14(2)10-18-11-16-7-8-17(21-16)13-20(3)12-15-6-4-5-9-19-15/h4-9,14,18H,10-13H2,1-3H3. The molecule has 2 rings (SSSR count). The molecule has 2 heterocycles. The molecule has 0 spiro atoms. The Bertz CT molecular complexity index is 522. The normalized spacial score (nSPS) is 11.5. The summed E-state index contributed by atoms with van der Waals surface area (Å²) in [5.41, 5.74) is 1.07. The van der Waals surface area contributed by atoms with Gasteiger partial charge in [0, 0.05) is 12.7 Å². The van der Waals surface area contributed by atoms with Gasteiger partial charge < -0.3 is 9.73 Å². The maximum absolute atomic E-state index is 5.85. The van der Waals surface area contributed by atoms with Crippen molar-refractivity contribution in [2.24, 2.45) is 5.92 Å². The van der Waals surface area contributed by atoms with Gasteiger partial charge in [0.05, 0.1) is 18.8 Å². The first-order valence-corrected chi connectivity index (χ1v) is 7.50. The Kier molecular flexibility index (Phi) is 5.96. The van der Waals surface area contributed by atoms with Crippen molar-refractivity contribution in [1.29, 1.82) is 0 Å². The fraction of sp³-hybridized carbons (Fsp3) is 0.471. The third-order valence-electron chi connectivity index (χ3n) is 3.15. The van der Waals surface area contributed by atoms with Gasteiger partial charge in [0.15, 0.2) is 0 Å². The summed E-state index contributed by atoms with van der Waals surface area (Å²) in [6.07, 6.45) is 1.83. The minimum Gasteiger partial charge on any atom is -0.463 e. The molecule has 2 aromatic rings. The number of hydrogen-bond acceptors (Lipinski definition) is 4. The Hall–Kier alpha value is -1.65. The van der Waals surface area contributed by atoms with Gasteiger partial charge in [0.2, 0.25) is 0 Å². The topological polar surface area (TPSA) is 41.3 Å². The predicted octanol–water partition coefficient (Wildman–Crippen LogP) is 3.05. The quantitative estimate of drug-likeness (QED) is 0.810. The number of furan rings is 1. The van der Waals surface area contributed by atoms with E-state index in [1.807, 2.05) is 24.4 Å².